The number of thiophene rings is 1. The van der Waals surface area contributed by atoms with Crippen molar-refractivity contribution in [3.05, 3.63) is 68.1 Å². The van der Waals surface area contributed by atoms with E-state index in [0.29, 0.717) is 18.5 Å². The molecule has 3 rings (SSSR count). The highest BCUT2D eigenvalue weighted by Gasteiger charge is 2.04. The van der Waals surface area contributed by atoms with Gasteiger partial charge in [0.2, 0.25) is 5.91 Å². The van der Waals surface area contributed by atoms with Gasteiger partial charge in [0.25, 0.3) is 5.56 Å². The van der Waals surface area contributed by atoms with Crippen LogP contribution in [0, 0.1) is 6.92 Å². The van der Waals surface area contributed by atoms with E-state index in [1.54, 1.807) is 18.3 Å². The highest BCUT2D eigenvalue weighted by Crippen LogP contribution is 2.14. The molecule has 0 radical (unpaired) electrons. The topological polar surface area (TPSA) is 62.0 Å². The normalized spacial score (nSPS) is 10.8. The van der Waals surface area contributed by atoms with Gasteiger partial charge in [-0.1, -0.05) is 12.1 Å². The minimum Gasteiger partial charge on any atom is -0.355 e. The van der Waals surface area contributed by atoms with Gasteiger partial charge in [-0.25, -0.2) is 0 Å². The SMILES string of the molecule is Cc1cc2cc(CCNC(=O)Cc3cccs3)ccc2[nH]c1=O. The number of amides is 1. The van der Waals surface area contributed by atoms with Crippen molar-refractivity contribution in [2.24, 2.45) is 0 Å². The van der Waals surface area contributed by atoms with E-state index in [-0.39, 0.29) is 11.5 Å². The third-order valence-corrected chi connectivity index (χ3v) is 4.62. The monoisotopic (exact) mass is 326 g/mol. The van der Waals surface area contributed by atoms with E-state index in [0.717, 1.165) is 27.8 Å². The Labute approximate surface area is 138 Å². The van der Waals surface area contributed by atoms with Crippen LogP contribution in [0.4, 0.5) is 0 Å². The van der Waals surface area contributed by atoms with E-state index < -0.39 is 0 Å². The van der Waals surface area contributed by atoms with Crippen molar-refractivity contribution in [1.29, 1.82) is 0 Å². The van der Waals surface area contributed by atoms with Gasteiger partial charge in [-0.15, -0.1) is 11.3 Å². The molecule has 2 N–H and O–H groups in total. The van der Waals surface area contributed by atoms with E-state index in [9.17, 15) is 9.59 Å². The first kappa shape index (κ1) is 15.5. The zero-order valence-electron chi connectivity index (χ0n) is 12.9. The summed E-state index contributed by atoms with van der Waals surface area (Å²) in [7, 11) is 0. The standard InChI is InChI=1S/C18H18N2O2S/c1-12-9-14-10-13(4-5-16(14)20-18(12)22)6-7-19-17(21)11-15-3-2-8-23-15/h2-5,8-10H,6-7,11H2,1H3,(H,19,21)(H,20,22). The molecular formula is C18H18N2O2S. The first-order valence-electron chi connectivity index (χ1n) is 7.53. The summed E-state index contributed by atoms with van der Waals surface area (Å²) >= 11 is 1.60. The summed E-state index contributed by atoms with van der Waals surface area (Å²) in [5.41, 5.74) is 2.64. The van der Waals surface area contributed by atoms with Crippen molar-refractivity contribution in [3.63, 3.8) is 0 Å². The molecule has 0 bridgehead atoms. The summed E-state index contributed by atoms with van der Waals surface area (Å²) in [5.74, 6) is 0.0495. The highest BCUT2D eigenvalue weighted by atomic mass is 32.1. The highest BCUT2D eigenvalue weighted by molar-refractivity contribution is 7.10. The number of hydrogen-bond donors (Lipinski definition) is 2. The molecular weight excluding hydrogens is 308 g/mol. The Morgan fingerprint density at radius 1 is 1.26 bits per heavy atom. The minimum atomic E-state index is -0.0499. The number of aromatic amines is 1. The number of aryl methyl sites for hydroxylation is 1. The van der Waals surface area contributed by atoms with Gasteiger partial charge in [-0.3, -0.25) is 9.59 Å². The number of hydrogen-bond acceptors (Lipinski definition) is 3. The van der Waals surface area contributed by atoms with E-state index in [2.05, 4.69) is 16.4 Å². The van der Waals surface area contributed by atoms with E-state index in [4.69, 9.17) is 0 Å². The molecule has 0 atom stereocenters. The fraction of sp³-hybridized carbons (Fsp3) is 0.222. The van der Waals surface area contributed by atoms with E-state index in [1.165, 1.54) is 0 Å². The Hall–Kier alpha value is -2.40. The first-order chi connectivity index (χ1) is 11.1. The van der Waals surface area contributed by atoms with Crippen molar-refractivity contribution in [2.45, 2.75) is 19.8 Å². The predicted molar refractivity (Wildman–Crippen MR) is 94.0 cm³/mol. The largest absolute Gasteiger partial charge is 0.355 e. The molecule has 118 valence electrons. The fourth-order valence-electron chi connectivity index (χ4n) is 2.50. The summed E-state index contributed by atoms with van der Waals surface area (Å²) in [6.07, 6.45) is 1.21. The van der Waals surface area contributed by atoms with Crippen LogP contribution in [0.1, 0.15) is 16.0 Å². The van der Waals surface area contributed by atoms with E-state index in [1.807, 2.05) is 35.7 Å². The molecule has 2 heterocycles. The van der Waals surface area contributed by atoms with Crippen molar-refractivity contribution in [3.8, 4) is 0 Å². The average Bonchev–Trinajstić information content (AvgIpc) is 3.01. The second kappa shape index (κ2) is 6.79. The molecule has 23 heavy (non-hydrogen) atoms. The zero-order chi connectivity index (χ0) is 16.2. The summed E-state index contributed by atoms with van der Waals surface area (Å²) in [5, 5.41) is 5.94. The molecule has 0 saturated heterocycles. The smallest absolute Gasteiger partial charge is 0.251 e. The number of nitrogens with one attached hydrogen (secondary N) is 2. The van der Waals surface area contributed by atoms with Gasteiger partial charge in [0.05, 0.1) is 6.42 Å². The molecule has 0 fully saturated rings. The Balaban J connectivity index is 1.60. The van der Waals surface area contributed by atoms with Gasteiger partial charge in [-0.2, -0.15) is 0 Å². The average molecular weight is 326 g/mol. The van der Waals surface area contributed by atoms with Crippen LogP contribution >= 0.6 is 11.3 Å². The van der Waals surface area contributed by atoms with Crippen LogP contribution in [0.2, 0.25) is 0 Å². The predicted octanol–water partition coefficient (Wildman–Crippen LogP) is 2.80. The van der Waals surface area contributed by atoms with Crippen LogP contribution in [-0.2, 0) is 17.6 Å². The Morgan fingerprint density at radius 3 is 2.91 bits per heavy atom. The molecule has 1 aromatic carbocycles. The molecule has 0 unspecified atom stereocenters. The minimum absolute atomic E-state index is 0.0495. The van der Waals surface area contributed by atoms with Gasteiger partial charge in [0, 0.05) is 22.5 Å². The fourth-order valence-corrected chi connectivity index (χ4v) is 3.20. The third-order valence-electron chi connectivity index (χ3n) is 3.75. The van der Waals surface area contributed by atoms with Crippen LogP contribution < -0.4 is 10.9 Å². The van der Waals surface area contributed by atoms with Gasteiger partial charge in [0.15, 0.2) is 0 Å². The molecule has 3 aromatic rings. The van der Waals surface area contributed by atoms with Crippen LogP contribution in [0.25, 0.3) is 10.9 Å². The van der Waals surface area contributed by atoms with Crippen LogP contribution in [0.15, 0.2) is 46.6 Å². The van der Waals surface area contributed by atoms with Gasteiger partial charge in [-0.05, 0) is 53.9 Å². The number of aromatic nitrogens is 1. The first-order valence-corrected chi connectivity index (χ1v) is 8.41. The Kier molecular flexibility index (Phi) is 4.57. The lowest BCUT2D eigenvalue weighted by atomic mass is 10.1. The van der Waals surface area contributed by atoms with Gasteiger partial charge in [0.1, 0.15) is 0 Å². The maximum atomic E-state index is 11.9. The maximum Gasteiger partial charge on any atom is 0.251 e. The van der Waals surface area contributed by atoms with Crippen molar-refractivity contribution >= 4 is 28.1 Å². The van der Waals surface area contributed by atoms with Gasteiger partial charge >= 0.3 is 0 Å². The summed E-state index contributed by atoms with van der Waals surface area (Å²) in [6, 6.07) is 11.8. The summed E-state index contributed by atoms with van der Waals surface area (Å²) in [4.78, 5) is 27.4. The second-order valence-electron chi connectivity index (χ2n) is 5.56. The quantitative estimate of drug-likeness (QED) is 0.757. The van der Waals surface area contributed by atoms with Crippen molar-refractivity contribution < 1.29 is 4.79 Å². The lowest BCUT2D eigenvalue weighted by molar-refractivity contribution is -0.120. The molecule has 0 saturated carbocycles. The van der Waals surface area contributed by atoms with Crippen molar-refractivity contribution in [1.82, 2.24) is 10.3 Å². The number of benzene rings is 1. The van der Waals surface area contributed by atoms with Gasteiger partial charge < -0.3 is 10.3 Å². The van der Waals surface area contributed by atoms with Crippen molar-refractivity contribution in [2.75, 3.05) is 6.54 Å². The lowest BCUT2D eigenvalue weighted by Crippen LogP contribution is -2.26. The van der Waals surface area contributed by atoms with Crippen LogP contribution in [-0.4, -0.2) is 17.4 Å². The molecule has 0 aliphatic heterocycles. The maximum absolute atomic E-state index is 11.9. The number of rotatable bonds is 5. The molecule has 5 heteroatoms. The second-order valence-corrected chi connectivity index (χ2v) is 6.59. The molecule has 2 aromatic heterocycles. The summed E-state index contributed by atoms with van der Waals surface area (Å²) < 4.78 is 0. The third kappa shape index (κ3) is 3.87. The number of fused-ring (bicyclic) bond motifs is 1. The number of carbonyl (C=O) groups is 1. The molecule has 0 aliphatic rings. The van der Waals surface area contributed by atoms with Crippen LogP contribution in [0.3, 0.4) is 0 Å². The Morgan fingerprint density at radius 2 is 2.13 bits per heavy atom. The van der Waals surface area contributed by atoms with Crippen LogP contribution in [0.5, 0.6) is 0 Å². The van der Waals surface area contributed by atoms with E-state index >= 15 is 0 Å². The molecule has 0 aliphatic carbocycles. The number of pyridine rings is 1. The molecule has 1 amide bonds. The lowest BCUT2D eigenvalue weighted by Gasteiger charge is -2.06. The number of carbonyl (C=O) groups excluding carboxylic acids is 1. The molecule has 4 nitrogen and oxygen atoms in total. The zero-order valence-corrected chi connectivity index (χ0v) is 13.7. The molecule has 0 spiro atoms. The number of H-pyrrole nitrogens is 1. The Bertz CT molecular complexity index is 882. The summed E-state index contributed by atoms with van der Waals surface area (Å²) in [6.45, 7) is 2.41.